The highest BCUT2D eigenvalue weighted by Gasteiger charge is 2.35. The minimum Gasteiger partial charge on any atom is -0.490 e. The van der Waals surface area contributed by atoms with Gasteiger partial charge in [-0.2, -0.15) is 0 Å². The third-order valence-electron chi connectivity index (χ3n) is 8.92. The molecule has 0 fully saturated rings. The fourth-order valence-corrected chi connectivity index (χ4v) is 7.43. The maximum atomic E-state index is 6.22. The highest BCUT2D eigenvalue weighted by atomic mass is 79.9. The summed E-state index contributed by atoms with van der Waals surface area (Å²) in [5.41, 5.74) is 9.97. The molecule has 0 aromatic heterocycles. The van der Waals surface area contributed by atoms with Gasteiger partial charge in [0.15, 0.2) is 11.5 Å². The van der Waals surface area contributed by atoms with E-state index in [1.54, 1.807) is 0 Å². The van der Waals surface area contributed by atoms with E-state index in [0.717, 1.165) is 47.2 Å². The van der Waals surface area contributed by atoms with Crippen LogP contribution < -0.4 is 14.4 Å². The van der Waals surface area contributed by atoms with Gasteiger partial charge in [0, 0.05) is 36.8 Å². The molecule has 7 rings (SSSR count). The Kier molecular flexibility index (Phi) is 8.70. The van der Waals surface area contributed by atoms with Crippen molar-refractivity contribution in [3.63, 3.8) is 0 Å². The number of anilines is 1. The summed E-state index contributed by atoms with van der Waals surface area (Å²) in [5.74, 6) is 2.10. The van der Waals surface area contributed by atoms with E-state index in [2.05, 4.69) is 112 Å². The van der Waals surface area contributed by atoms with Gasteiger partial charge in [0.25, 0.3) is 0 Å². The van der Waals surface area contributed by atoms with Crippen LogP contribution >= 0.6 is 15.9 Å². The van der Waals surface area contributed by atoms with E-state index in [0.29, 0.717) is 36.5 Å². The van der Waals surface area contributed by atoms with Gasteiger partial charge in [-0.25, -0.2) is 0 Å². The van der Waals surface area contributed by atoms with Gasteiger partial charge in [-0.15, -0.1) is 0 Å². The van der Waals surface area contributed by atoms with Crippen molar-refractivity contribution >= 4 is 33.5 Å². The standard InChI is InChI=1S/C40H37BrN2O2/c1-2-44-38-23-29(22-37(41)40(38)45-27-28-12-6-3-7-13-28)26-42-32-24-35-33(30-14-8-4-9-15-30)18-20-43-21-19-34(36(25-32)39(35)43)31-16-10-5-11-17-31/h3-17,22-26,33-34H,2,18-21,27H2,1H3/t33-,34+. The zero-order chi connectivity index (χ0) is 30.6. The lowest BCUT2D eigenvalue weighted by Crippen LogP contribution is -2.37. The molecule has 0 aliphatic carbocycles. The molecular formula is C40H37BrN2O2. The molecule has 5 aromatic carbocycles. The van der Waals surface area contributed by atoms with Crippen molar-refractivity contribution in [2.45, 2.75) is 38.2 Å². The molecule has 0 saturated carbocycles. The minimum absolute atomic E-state index is 0.348. The SMILES string of the molecule is CCOc1cc(C=Nc2cc3c4c(c2)[C@H](c2ccccc2)CCN4CC[C@@H]3c2ccccc2)cc(Br)c1OCc1ccccc1. The van der Waals surface area contributed by atoms with Crippen molar-refractivity contribution in [1.29, 1.82) is 0 Å². The van der Waals surface area contributed by atoms with Crippen LogP contribution in [0.25, 0.3) is 0 Å². The molecule has 0 unspecified atom stereocenters. The Bertz CT molecular complexity index is 1720. The maximum absolute atomic E-state index is 6.22. The van der Waals surface area contributed by atoms with Crippen molar-refractivity contribution in [2.75, 3.05) is 24.6 Å². The van der Waals surface area contributed by atoms with Crippen LogP contribution in [-0.4, -0.2) is 25.9 Å². The van der Waals surface area contributed by atoms with Crippen molar-refractivity contribution in [3.8, 4) is 11.5 Å². The number of rotatable bonds is 9. The van der Waals surface area contributed by atoms with Crippen LogP contribution in [0, 0.1) is 0 Å². The minimum atomic E-state index is 0.348. The third kappa shape index (κ3) is 6.27. The molecule has 0 radical (unpaired) electrons. The zero-order valence-corrected chi connectivity index (χ0v) is 27.1. The van der Waals surface area contributed by atoms with E-state index in [9.17, 15) is 0 Å². The average Bonchev–Trinajstić information content (AvgIpc) is 3.08. The lowest BCUT2D eigenvalue weighted by atomic mass is 9.76. The van der Waals surface area contributed by atoms with Crippen molar-refractivity contribution in [2.24, 2.45) is 4.99 Å². The van der Waals surface area contributed by atoms with Gasteiger partial charge in [0.05, 0.1) is 16.8 Å². The number of hydrogen-bond acceptors (Lipinski definition) is 4. The Labute approximate surface area is 274 Å². The number of ether oxygens (including phenoxy) is 2. The predicted molar refractivity (Wildman–Crippen MR) is 188 cm³/mol. The largest absolute Gasteiger partial charge is 0.490 e. The van der Waals surface area contributed by atoms with Crippen molar-refractivity contribution in [1.82, 2.24) is 0 Å². The number of benzene rings is 5. The molecule has 0 saturated heterocycles. The zero-order valence-electron chi connectivity index (χ0n) is 25.5. The molecule has 5 heteroatoms. The summed E-state index contributed by atoms with van der Waals surface area (Å²) in [5, 5.41) is 0. The quantitative estimate of drug-likeness (QED) is 0.148. The van der Waals surface area contributed by atoms with Crippen LogP contribution in [0.2, 0.25) is 0 Å². The first-order valence-corrected chi connectivity index (χ1v) is 16.7. The fraction of sp³-hybridized carbons (Fsp3) is 0.225. The monoisotopic (exact) mass is 656 g/mol. The number of aliphatic imine (C=N–C) groups is 1. The molecular weight excluding hydrogens is 620 g/mol. The highest BCUT2D eigenvalue weighted by Crippen LogP contribution is 2.50. The predicted octanol–water partition coefficient (Wildman–Crippen LogP) is 10.1. The number of nitrogens with zero attached hydrogens (tertiary/aromatic N) is 2. The first-order valence-electron chi connectivity index (χ1n) is 15.9. The summed E-state index contributed by atoms with van der Waals surface area (Å²) in [4.78, 5) is 7.71. The molecule has 2 atom stereocenters. The molecule has 0 spiro atoms. The third-order valence-corrected chi connectivity index (χ3v) is 9.51. The van der Waals surface area contributed by atoms with E-state index in [-0.39, 0.29) is 0 Å². The first-order chi connectivity index (χ1) is 22.2. The molecule has 0 amide bonds. The second-order valence-electron chi connectivity index (χ2n) is 11.8. The summed E-state index contributed by atoms with van der Waals surface area (Å²) in [7, 11) is 0. The van der Waals surface area contributed by atoms with Crippen LogP contribution in [-0.2, 0) is 6.61 Å². The molecule has 4 nitrogen and oxygen atoms in total. The smallest absolute Gasteiger partial charge is 0.175 e. The number of hydrogen-bond donors (Lipinski definition) is 0. The van der Waals surface area contributed by atoms with Gasteiger partial charge >= 0.3 is 0 Å². The van der Waals surface area contributed by atoms with Crippen LogP contribution in [0.3, 0.4) is 0 Å². The molecule has 2 aliphatic heterocycles. The lowest BCUT2D eigenvalue weighted by molar-refractivity contribution is 0.267. The van der Waals surface area contributed by atoms with Gasteiger partial charge in [-0.3, -0.25) is 4.99 Å². The topological polar surface area (TPSA) is 34.1 Å². The van der Waals surface area contributed by atoms with Gasteiger partial charge in [0.2, 0.25) is 0 Å². The normalized spacial score (nSPS) is 17.2. The van der Waals surface area contributed by atoms with Crippen molar-refractivity contribution in [3.05, 3.63) is 153 Å². The second-order valence-corrected chi connectivity index (χ2v) is 12.6. The molecule has 0 N–H and O–H groups in total. The van der Waals surface area contributed by atoms with Gasteiger partial charge < -0.3 is 14.4 Å². The molecule has 2 heterocycles. The Balaban J connectivity index is 1.26. The Morgan fingerprint density at radius 2 is 1.33 bits per heavy atom. The summed E-state index contributed by atoms with van der Waals surface area (Å²) in [6, 6.07) is 40.8. The van der Waals surface area contributed by atoms with Crippen LogP contribution in [0.4, 0.5) is 11.4 Å². The van der Waals surface area contributed by atoms with Crippen LogP contribution in [0.5, 0.6) is 11.5 Å². The highest BCUT2D eigenvalue weighted by molar-refractivity contribution is 9.10. The van der Waals surface area contributed by atoms with E-state index >= 15 is 0 Å². The average molecular weight is 658 g/mol. The van der Waals surface area contributed by atoms with E-state index in [1.807, 2.05) is 37.4 Å². The summed E-state index contributed by atoms with van der Waals surface area (Å²) >= 11 is 3.75. The lowest BCUT2D eigenvalue weighted by Gasteiger charge is -2.43. The molecule has 5 aromatic rings. The van der Waals surface area contributed by atoms with E-state index < -0.39 is 0 Å². The number of halogens is 1. The Morgan fingerprint density at radius 1 is 0.756 bits per heavy atom. The maximum Gasteiger partial charge on any atom is 0.175 e. The van der Waals surface area contributed by atoms with Crippen molar-refractivity contribution < 1.29 is 9.47 Å². The van der Waals surface area contributed by atoms with Crippen LogP contribution in [0.1, 0.15) is 65.0 Å². The molecule has 45 heavy (non-hydrogen) atoms. The van der Waals surface area contributed by atoms with E-state index in [1.165, 1.54) is 27.9 Å². The fourth-order valence-electron chi connectivity index (χ4n) is 6.86. The molecule has 2 aliphatic rings. The van der Waals surface area contributed by atoms with Crippen LogP contribution in [0.15, 0.2) is 125 Å². The van der Waals surface area contributed by atoms with Gasteiger partial charge in [-0.1, -0.05) is 91.0 Å². The summed E-state index contributed by atoms with van der Waals surface area (Å²) < 4.78 is 13.1. The van der Waals surface area contributed by atoms with Gasteiger partial charge in [-0.05, 0) is 93.3 Å². The molecule has 0 bridgehead atoms. The van der Waals surface area contributed by atoms with E-state index in [4.69, 9.17) is 14.5 Å². The second kappa shape index (κ2) is 13.3. The summed E-state index contributed by atoms with van der Waals surface area (Å²) in [6.07, 6.45) is 4.16. The Hall–Kier alpha value is -4.35. The first kappa shape index (κ1) is 29.4. The summed E-state index contributed by atoms with van der Waals surface area (Å²) in [6.45, 7) is 5.16. The molecule has 226 valence electrons. The Morgan fingerprint density at radius 3 is 1.91 bits per heavy atom. The van der Waals surface area contributed by atoms with Gasteiger partial charge in [0.1, 0.15) is 6.61 Å².